The number of hydrogen-bond donors (Lipinski definition) is 1. The highest BCUT2D eigenvalue weighted by Gasteiger charge is 2.34. The Labute approximate surface area is 127 Å². The molecule has 0 bridgehead atoms. The summed E-state index contributed by atoms with van der Waals surface area (Å²) in [6.07, 6.45) is 3.34. The van der Waals surface area contributed by atoms with E-state index < -0.39 is 15.8 Å². The van der Waals surface area contributed by atoms with Crippen molar-refractivity contribution in [3.05, 3.63) is 28.5 Å². The number of nitrogens with two attached hydrogens (primary N) is 1. The Bertz CT molecular complexity index is 578. The molecule has 1 aliphatic heterocycles. The van der Waals surface area contributed by atoms with E-state index in [9.17, 15) is 12.8 Å². The first kappa shape index (κ1) is 15.9. The van der Waals surface area contributed by atoms with Crippen molar-refractivity contribution in [2.75, 3.05) is 13.1 Å². The van der Waals surface area contributed by atoms with E-state index in [0.29, 0.717) is 19.5 Å². The monoisotopic (exact) mass is 364 g/mol. The summed E-state index contributed by atoms with van der Waals surface area (Å²) in [5.74, 6) is -0.465. The lowest BCUT2D eigenvalue weighted by atomic mass is 10.0. The van der Waals surface area contributed by atoms with Gasteiger partial charge in [-0.3, -0.25) is 0 Å². The van der Waals surface area contributed by atoms with Crippen LogP contribution in [0.1, 0.15) is 25.7 Å². The lowest BCUT2D eigenvalue weighted by Crippen LogP contribution is -2.44. The van der Waals surface area contributed by atoms with Crippen LogP contribution in [0.25, 0.3) is 0 Å². The fourth-order valence-electron chi connectivity index (χ4n) is 2.58. The van der Waals surface area contributed by atoms with E-state index >= 15 is 0 Å². The van der Waals surface area contributed by atoms with Crippen LogP contribution < -0.4 is 5.73 Å². The van der Waals surface area contributed by atoms with Gasteiger partial charge in [-0.15, -0.1) is 0 Å². The van der Waals surface area contributed by atoms with Gasteiger partial charge in [0, 0.05) is 17.1 Å². The van der Waals surface area contributed by atoms with Gasteiger partial charge in [-0.05, 0) is 59.9 Å². The molecule has 20 heavy (non-hydrogen) atoms. The summed E-state index contributed by atoms with van der Waals surface area (Å²) in [6.45, 7) is 0.956. The minimum Gasteiger partial charge on any atom is -0.330 e. The van der Waals surface area contributed by atoms with Crippen LogP contribution in [-0.4, -0.2) is 31.9 Å². The number of nitrogens with zero attached hydrogens (tertiary/aromatic N) is 1. The third-order valence-electron chi connectivity index (χ3n) is 3.55. The van der Waals surface area contributed by atoms with E-state index in [1.54, 1.807) is 0 Å². The van der Waals surface area contributed by atoms with Crippen molar-refractivity contribution in [1.82, 2.24) is 4.31 Å². The normalized spacial score (nSPS) is 21.1. The van der Waals surface area contributed by atoms with E-state index in [1.165, 1.54) is 22.5 Å². The van der Waals surface area contributed by atoms with Crippen LogP contribution in [0.15, 0.2) is 27.6 Å². The Kier molecular flexibility index (Phi) is 5.17. The van der Waals surface area contributed by atoms with E-state index in [2.05, 4.69) is 15.9 Å². The van der Waals surface area contributed by atoms with Crippen LogP contribution in [0.3, 0.4) is 0 Å². The molecule has 2 N–H and O–H groups in total. The maximum absolute atomic E-state index is 13.1. The third-order valence-corrected chi connectivity index (χ3v) is 6.48. The maximum atomic E-state index is 13.1. The molecule has 1 saturated heterocycles. The zero-order valence-electron chi connectivity index (χ0n) is 11.1. The van der Waals surface area contributed by atoms with Gasteiger partial charge in [0.05, 0.1) is 4.90 Å². The molecule has 1 atom stereocenters. The van der Waals surface area contributed by atoms with E-state index in [-0.39, 0.29) is 15.4 Å². The molecule has 2 rings (SSSR count). The van der Waals surface area contributed by atoms with Crippen molar-refractivity contribution >= 4 is 26.0 Å². The molecule has 0 aliphatic carbocycles. The van der Waals surface area contributed by atoms with Crippen LogP contribution in [0, 0.1) is 5.82 Å². The van der Waals surface area contributed by atoms with Crippen LogP contribution in [-0.2, 0) is 10.0 Å². The Morgan fingerprint density at radius 2 is 2.15 bits per heavy atom. The van der Waals surface area contributed by atoms with Crippen LogP contribution in [0.5, 0.6) is 0 Å². The predicted molar refractivity (Wildman–Crippen MR) is 79.3 cm³/mol. The van der Waals surface area contributed by atoms with Crippen molar-refractivity contribution in [1.29, 1.82) is 0 Å². The number of piperidine rings is 1. The van der Waals surface area contributed by atoms with Gasteiger partial charge in [-0.2, -0.15) is 4.31 Å². The summed E-state index contributed by atoms with van der Waals surface area (Å²) >= 11 is 3.14. The Hall–Kier alpha value is -0.500. The Morgan fingerprint density at radius 1 is 1.40 bits per heavy atom. The van der Waals surface area contributed by atoms with Crippen molar-refractivity contribution in [3.63, 3.8) is 0 Å². The SMILES string of the molecule is NCCC1CCCCN1S(=O)(=O)c1ccc(F)cc1Br. The lowest BCUT2D eigenvalue weighted by Gasteiger charge is -2.34. The molecule has 1 aromatic rings. The molecule has 0 radical (unpaired) electrons. The minimum atomic E-state index is -3.62. The first-order valence-electron chi connectivity index (χ1n) is 6.64. The standard InChI is InChI=1S/C13H18BrFN2O2S/c14-12-9-10(15)4-5-13(12)20(18,19)17-8-2-1-3-11(17)6-7-16/h4-5,9,11H,1-3,6-8,16H2. The molecule has 112 valence electrons. The highest BCUT2D eigenvalue weighted by Crippen LogP contribution is 2.31. The molecule has 0 spiro atoms. The molecule has 1 unspecified atom stereocenters. The number of sulfonamides is 1. The zero-order chi connectivity index (χ0) is 14.8. The second-order valence-corrected chi connectivity index (χ2v) is 7.63. The number of halogens is 2. The summed E-state index contributed by atoms with van der Waals surface area (Å²) in [7, 11) is -3.62. The minimum absolute atomic E-state index is 0.0595. The lowest BCUT2D eigenvalue weighted by molar-refractivity contribution is 0.243. The molecule has 1 fully saturated rings. The topological polar surface area (TPSA) is 63.4 Å². The van der Waals surface area contributed by atoms with Crippen molar-refractivity contribution in [2.45, 2.75) is 36.6 Å². The number of hydrogen-bond acceptors (Lipinski definition) is 3. The van der Waals surface area contributed by atoms with Gasteiger partial charge in [-0.1, -0.05) is 6.42 Å². The summed E-state index contributed by atoms with van der Waals surface area (Å²) in [6, 6.07) is 3.59. The highest BCUT2D eigenvalue weighted by molar-refractivity contribution is 9.10. The summed E-state index contributed by atoms with van der Waals surface area (Å²) in [5, 5.41) is 0. The van der Waals surface area contributed by atoms with Gasteiger partial charge in [0.15, 0.2) is 0 Å². The fraction of sp³-hybridized carbons (Fsp3) is 0.538. The molecule has 0 saturated carbocycles. The highest BCUT2D eigenvalue weighted by atomic mass is 79.9. The predicted octanol–water partition coefficient (Wildman–Crippen LogP) is 2.48. The largest absolute Gasteiger partial charge is 0.330 e. The fourth-order valence-corrected chi connectivity index (χ4v) is 5.32. The molecule has 1 aromatic carbocycles. The molecular weight excluding hydrogens is 347 g/mol. The second-order valence-electron chi connectivity index (χ2n) is 4.92. The van der Waals surface area contributed by atoms with Crippen molar-refractivity contribution < 1.29 is 12.8 Å². The van der Waals surface area contributed by atoms with Gasteiger partial charge in [0.25, 0.3) is 0 Å². The first-order valence-corrected chi connectivity index (χ1v) is 8.87. The van der Waals surface area contributed by atoms with Gasteiger partial charge in [0.1, 0.15) is 5.82 Å². The maximum Gasteiger partial charge on any atom is 0.244 e. The quantitative estimate of drug-likeness (QED) is 0.892. The second kappa shape index (κ2) is 6.51. The molecule has 1 aliphatic rings. The summed E-state index contributed by atoms with van der Waals surface area (Å²) in [4.78, 5) is 0.114. The average Bonchev–Trinajstić information content (AvgIpc) is 2.39. The molecule has 0 amide bonds. The van der Waals surface area contributed by atoms with Gasteiger partial charge < -0.3 is 5.73 Å². The molecular formula is C13H18BrFN2O2S. The smallest absolute Gasteiger partial charge is 0.244 e. The first-order chi connectivity index (χ1) is 9.46. The zero-order valence-corrected chi connectivity index (χ0v) is 13.5. The number of rotatable bonds is 4. The van der Waals surface area contributed by atoms with E-state index in [4.69, 9.17) is 5.73 Å². The van der Waals surface area contributed by atoms with E-state index in [1.807, 2.05) is 0 Å². The Morgan fingerprint density at radius 3 is 2.80 bits per heavy atom. The van der Waals surface area contributed by atoms with Crippen LogP contribution in [0.4, 0.5) is 4.39 Å². The van der Waals surface area contributed by atoms with Crippen molar-refractivity contribution in [2.24, 2.45) is 5.73 Å². The molecule has 7 heteroatoms. The molecule has 4 nitrogen and oxygen atoms in total. The molecule has 1 heterocycles. The third kappa shape index (κ3) is 3.21. The van der Waals surface area contributed by atoms with Gasteiger partial charge in [-0.25, -0.2) is 12.8 Å². The summed E-state index contributed by atoms with van der Waals surface area (Å²) < 4.78 is 40.4. The van der Waals surface area contributed by atoms with E-state index in [0.717, 1.165) is 19.3 Å². The average molecular weight is 365 g/mol. The van der Waals surface area contributed by atoms with Crippen LogP contribution >= 0.6 is 15.9 Å². The van der Waals surface area contributed by atoms with Crippen LogP contribution in [0.2, 0.25) is 0 Å². The summed E-state index contributed by atoms with van der Waals surface area (Å²) in [5.41, 5.74) is 5.57. The number of benzene rings is 1. The molecule has 0 aromatic heterocycles. The van der Waals surface area contributed by atoms with Crippen molar-refractivity contribution in [3.8, 4) is 0 Å². The Balaban J connectivity index is 2.37. The van der Waals surface area contributed by atoms with Gasteiger partial charge in [0.2, 0.25) is 10.0 Å². The van der Waals surface area contributed by atoms with Gasteiger partial charge >= 0.3 is 0 Å².